The number of hydrogen-bond acceptors (Lipinski definition) is 3. The number of carbonyl (C=O) groups is 2. The smallest absolute Gasteiger partial charge is 0.224 e. The minimum Gasteiger partial charge on any atom is -0.508 e. The molecule has 1 rings (SSSR count). The second-order valence-electron chi connectivity index (χ2n) is 7.48. The van der Waals surface area contributed by atoms with Gasteiger partial charge in [-0.15, -0.1) is 0 Å². The Morgan fingerprint density at radius 2 is 1.29 bits per heavy atom. The molecular weight excluding hydrogens is 352 g/mol. The van der Waals surface area contributed by atoms with Gasteiger partial charge in [-0.05, 0) is 43.5 Å². The molecule has 0 unspecified atom stereocenters. The maximum absolute atomic E-state index is 11.9. The molecule has 0 heterocycles. The van der Waals surface area contributed by atoms with Crippen molar-refractivity contribution in [3.63, 3.8) is 0 Å². The van der Waals surface area contributed by atoms with E-state index in [2.05, 4.69) is 17.6 Å². The van der Waals surface area contributed by atoms with Gasteiger partial charge in [0.05, 0.1) is 0 Å². The van der Waals surface area contributed by atoms with E-state index in [-0.39, 0.29) is 17.6 Å². The summed E-state index contributed by atoms with van der Waals surface area (Å²) in [5.41, 5.74) is 0.725. The van der Waals surface area contributed by atoms with Gasteiger partial charge in [0, 0.05) is 25.1 Å². The highest BCUT2D eigenvalue weighted by Gasteiger charge is 2.02. The van der Waals surface area contributed by atoms with E-state index in [0.29, 0.717) is 12.8 Å². The molecule has 0 fully saturated rings. The van der Waals surface area contributed by atoms with Gasteiger partial charge < -0.3 is 15.7 Å². The molecular formula is C23H38N2O3. The zero-order valence-corrected chi connectivity index (χ0v) is 17.5. The monoisotopic (exact) mass is 390 g/mol. The largest absolute Gasteiger partial charge is 0.508 e. The lowest BCUT2D eigenvalue weighted by Gasteiger charge is -2.06. The fraction of sp³-hybridized carbons (Fsp3) is 0.652. The third-order valence-electron chi connectivity index (χ3n) is 4.81. The van der Waals surface area contributed by atoms with Gasteiger partial charge >= 0.3 is 0 Å². The number of aromatic hydroxyl groups is 1. The number of nitrogens with one attached hydrogen (secondary N) is 2. The fourth-order valence-corrected chi connectivity index (χ4v) is 3.07. The number of rotatable bonds is 16. The third kappa shape index (κ3) is 13.2. The van der Waals surface area contributed by atoms with E-state index in [1.54, 1.807) is 24.3 Å². The highest BCUT2D eigenvalue weighted by Crippen LogP contribution is 2.15. The first-order valence-electron chi connectivity index (χ1n) is 11.0. The number of carbonyl (C=O) groups excluding carboxylic acids is 2. The van der Waals surface area contributed by atoms with Crippen LogP contribution in [0.15, 0.2) is 24.3 Å². The number of hydrogen-bond donors (Lipinski definition) is 3. The first-order chi connectivity index (χ1) is 13.6. The van der Waals surface area contributed by atoms with Crippen LogP contribution < -0.4 is 10.6 Å². The van der Waals surface area contributed by atoms with Gasteiger partial charge in [-0.3, -0.25) is 9.59 Å². The summed E-state index contributed by atoms with van der Waals surface area (Å²) >= 11 is 0. The zero-order valence-electron chi connectivity index (χ0n) is 17.5. The topological polar surface area (TPSA) is 78.4 Å². The van der Waals surface area contributed by atoms with Crippen LogP contribution in [0.5, 0.6) is 5.75 Å². The second kappa shape index (κ2) is 16.0. The summed E-state index contributed by atoms with van der Waals surface area (Å²) in [6, 6.07) is 6.54. The lowest BCUT2D eigenvalue weighted by Crippen LogP contribution is -2.23. The summed E-state index contributed by atoms with van der Waals surface area (Å²) in [5.74, 6) is 0.429. The molecule has 0 saturated carbocycles. The van der Waals surface area contributed by atoms with Crippen LogP contribution >= 0.6 is 0 Å². The second-order valence-corrected chi connectivity index (χ2v) is 7.48. The molecule has 3 N–H and O–H groups in total. The molecule has 0 aromatic heterocycles. The van der Waals surface area contributed by atoms with E-state index < -0.39 is 0 Å². The minimum absolute atomic E-state index is 0.0347. The molecule has 0 bridgehead atoms. The van der Waals surface area contributed by atoms with Crippen molar-refractivity contribution in [2.45, 2.75) is 90.4 Å². The lowest BCUT2D eigenvalue weighted by molar-refractivity contribution is -0.121. The molecule has 5 nitrogen and oxygen atoms in total. The van der Waals surface area contributed by atoms with E-state index in [0.717, 1.165) is 44.3 Å². The Hall–Kier alpha value is -2.04. The number of phenolic OH excluding ortho intramolecular Hbond substituents is 1. The molecule has 158 valence electrons. The lowest BCUT2D eigenvalue weighted by atomic mass is 10.1. The Kier molecular flexibility index (Phi) is 13.7. The predicted octanol–water partition coefficient (Wildman–Crippen LogP) is 5.54. The van der Waals surface area contributed by atoms with Crippen LogP contribution in [-0.2, 0) is 9.59 Å². The summed E-state index contributed by atoms with van der Waals surface area (Å²) in [5, 5.41) is 15.1. The van der Waals surface area contributed by atoms with Gasteiger partial charge in [0.1, 0.15) is 5.75 Å². The Labute approximate surface area is 170 Å². The first-order valence-corrected chi connectivity index (χ1v) is 11.0. The van der Waals surface area contributed by atoms with Gasteiger partial charge in [0.25, 0.3) is 0 Å². The van der Waals surface area contributed by atoms with Crippen LogP contribution in [0.1, 0.15) is 90.4 Å². The van der Waals surface area contributed by atoms with Gasteiger partial charge in [0.15, 0.2) is 0 Å². The maximum atomic E-state index is 11.9. The first kappa shape index (κ1) is 24.0. The van der Waals surface area contributed by atoms with Crippen molar-refractivity contribution >= 4 is 17.5 Å². The van der Waals surface area contributed by atoms with Crippen LogP contribution in [0.25, 0.3) is 0 Å². The Balaban J connectivity index is 1.84. The summed E-state index contributed by atoms with van der Waals surface area (Å²) in [6.07, 6.45) is 13.7. The summed E-state index contributed by atoms with van der Waals surface area (Å²) < 4.78 is 0. The van der Waals surface area contributed by atoms with Gasteiger partial charge in [0.2, 0.25) is 11.8 Å². The van der Waals surface area contributed by atoms with E-state index in [9.17, 15) is 14.7 Å². The predicted molar refractivity (Wildman–Crippen MR) is 115 cm³/mol. The van der Waals surface area contributed by atoms with E-state index in [1.165, 1.54) is 38.5 Å². The minimum atomic E-state index is 0.0347. The molecule has 1 aromatic rings. The van der Waals surface area contributed by atoms with Crippen molar-refractivity contribution < 1.29 is 14.7 Å². The standard InChI is InChI=1S/C23H38N2O3/c1-2-3-13-22(27)24-19-12-10-8-6-4-5-7-9-11-14-23(28)25-20-15-17-21(26)18-16-20/h15-18,26H,2-14,19H2,1H3,(H,24,27)(H,25,28). The third-order valence-corrected chi connectivity index (χ3v) is 4.81. The molecule has 5 heteroatoms. The highest BCUT2D eigenvalue weighted by atomic mass is 16.3. The normalized spacial score (nSPS) is 10.6. The molecule has 0 saturated heterocycles. The number of anilines is 1. The number of phenols is 1. The fourth-order valence-electron chi connectivity index (χ4n) is 3.07. The quantitative estimate of drug-likeness (QED) is 0.256. The van der Waals surface area contributed by atoms with Crippen molar-refractivity contribution in [1.82, 2.24) is 5.32 Å². The molecule has 28 heavy (non-hydrogen) atoms. The van der Waals surface area contributed by atoms with Crippen LogP contribution in [0.3, 0.4) is 0 Å². The van der Waals surface area contributed by atoms with Crippen LogP contribution in [0.4, 0.5) is 5.69 Å². The summed E-state index contributed by atoms with van der Waals surface area (Å²) in [7, 11) is 0. The van der Waals surface area contributed by atoms with Gasteiger partial charge in [-0.2, -0.15) is 0 Å². The molecule has 1 aromatic carbocycles. The van der Waals surface area contributed by atoms with Crippen molar-refractivity contribution in [3.05, 3.63) is 24.3 Å². The Bertz CT molecular complexity index is 543. The Morgan fingerprint density at radius 1 is 0.750 bits per heavy atom. The molecule has 0 radical (unpaired) electrons. The average molecular weight is 391 g/mol. The van der Waals surface area contributed by atoms with E-state index in [1.807, 2.05) is 0 Å². The highest BCUT2D eigenvalue weighted by molar-refractivity contribution is 5.90. The molecule has 0 spiro atoms. The number of unbranched alkanes of at least 4 members (excludes halogenated alkanes) is 9. The molecule has 0 aliphatic heterocycles. The summed E-state index contributed by atoms with van der Waals surface area (Å²) in [6.45, 7) is 2.92. The molecule has 2 amide bonds. The summed E-state index contributed by atoms with van der Waals surface area (Å²) in [4.78, 5) is 23.3. The maximum Gasteiger partial charge on any atom is 0.224 e. The van der Waals surface area contributed by atoms with Gasteiger partial charge in [-0.25, -0.2) is 0 Å². The van der Waals surface area contributed by atoms with Crippen molar-refractivity contribution in [1.29, 1.82) is 0 Å². The van der Waals surface area contributed by atoms with E-state index in [4.69, 9.17) is 0 Å². The molecule has 0 aliphatic carbocycles. The zero-order chi connectivity index (χ0) is 20.5. The molecule has 0 atom stereocenters. The Morgan fingerprint density at radius 3 is 1.89 bits per heavy atom. The number of benzene rings is 1. The average Bonchev–Trinajstić information content (AvgIpc) is 2.69. The van der Waals surface area contributed by atoms with Crippen molar-refractivity contribution in [3.8, 4) is 5.75 Å². The van der Waals surface area contributed by atoms with Crippen LogP contribution in [0, 0.1) is 0 Å². The van der Waals surface area contributed by atoms with Crippen LogP contribution in [0.2, 0.25) is 0 Å². The van der Waals surface area contributed by atoms with E-state index >= 15 is 0 Å². The SMILES string of the molecule is CCCCC(=O)NCCCCCCCCCCCC(=O)Nc1ccc(O)cc1. The van der Waals surface area contributed by atoms with Crippen molar-refractivity contribution in [2.75, 3.05) is 11.9 Å². The molecule has 0 aliphatic rings. The van der Waals surface area contributed by atoms with Gasteiger partial charge in [-0.1, -0.05) is 58.3 Å². The van der Waals surface area contributed by atoms with Crippen LogP contribution in [-0.4, -0.2) is 23.5 Å². The van der Waals surface area contributed by atoms with Crippen molar-refractivity contribution in [2.24, 2.45) is 0 Å². The number of amides is 2.